The largest absolute Gasteiger partial charge is 0.295 e. The average molecular weight is 438 g/mol. The highest BCUT2D eigenvalue weighted by molar-refractivity contribution is 5.94. The van der Waals surface area contributed by atoms with Crippen LogP contribution in [0.15, 0.2) is 78.6 Å². The van der Waals surface area contributed by atoms with E-state index in [1.54, 1.807) is 0 Å². The summed E-state index contributed by atoms with van der Waals surface area (Å²) in [5.41, 5.74) is 6.27. The van der Waals surface area contributed by atoms with Gasteiger partial charge >= 0.3 is 0 Å². The number of halogens is 1. The van der Waals surface area contributed by atoms with Crippen molar-refractivity contribution in [1.29, 1.82) is 0 Å². The van der Waals surface area contributed by atoms with E-state index >= 15 is 0 Å². The lowest BCUT2D eigenvalue weighted by Crippen LogP contribution is -2.42. The minimum atomic E-state index is -0.433. The highest BCUT2D eigenvalue weighted by atomic mass is 19.1. The number of carbonyl (C=O) groups excluding carboxylic acids is 1. The SMILES string of the molecule is O=C1C=C2CCCc3cc4[nH]ncc4cc3C2(Cc2ccccn2)C(c2ccc(F)cc2)C1. The normalized spacial score (nSPS) is 22.4. The van der Waals surface area contributed by atoms with E-state index in [-0.39, 0.29) is 17.5 Å². The van der Waals surface area contributed by atoms with Crippen LogP contribution < -0.4 is 0 Å². The van der Waals surface area contributed by atoms with Crippen LogP contribution in [0.2, 0.25) is 0 Å². The molecular weight excluding hydrogens is 413 g/mol. The number of pyridine rings is 1. The summed E-state index contributed by atoms with van der Waals surface area (Å²) in [5.74, 6) is -0.227. The Balaban J connectivity index is 1.67. The maximum absolute atomic E-state index is 13.9. The van der Waals surface area contributed by atoms with Crippen molar-refractivity contribution in [3.05, 3.63) is 107 Å². The summed E-state index contributed by atoms with van der Waals surface area (Å²) in [6.45, 7) is 0. The molecule has 0 bridgehead atoms. The third-order valence-corrected chi connectivity index (χ3v) is 7.40. The van der Waals surface area contributed by atoms with Crippen molar-refractivity contribution < 1.29 is 9.18 Å². The maximum Gasteiger partial charge on any atom is 0.156 e. The number of aromatic nitrogens is 3. The van der Waals surface area contributed by atoms with E-state index in [2.05, 4.69) is 33.4 Å². The Kier molecular flexibility index (Phi) is 4.72. The molecule has 0 saturated heterocycles. The molecule has 0 fully saturated rings. The second kappa shape index (κ2) is 7.77. The first kappa shape index (κ1) is 20.0. The maximum atomic E-state index is 13.9. The summed E-state index contributed by atoms with van der Waals surface area (Å²) in [4.78, 5) is 17.7. The van der Waals surface area contributed by atoms with Gasteiger partial charge in [-0.25, -0.2) is 4.39 Å². The average Bonchev–Trinajstić information content (AvgIpc) is 3.23. The first-order valence-corrected chi connectivity index (χ1v) is 11.5. The summed E-state index contributed by atoms with van der Waals surface area (Å²) in [7, 11) is 0. The Morgan fingerprint density at radius 2 is 1.97 bits per heavy atom. The zero-order valence-corrected chi connectivity index (χ0v) is 18.2. The van der Waals surface area contributed by atoms with Gasteiger partial charge in [0.05, 0.1) is 11.7 Å². The molecule has 2 heterocycles. The van der Waals surface area contributed by atoms with Crippen LogP contribution in [-0.4, -0.2) is 21.0 Å². The van der Waals surface area contributed by atoms with Crippen LogP contribution >= 0.6 is 0 Å². The van der Waals surface area contributed by atoms with Crippen molar-refractivity contribution in [2.45, 2.75) is 43.4 Å². The molecule has 0 radical (unpaired) electrons. The van der Waals surface area contributed by atoms with E-state index < -0.39 is 5.41 Å². The highest BCUT2D eigenvalue weighted by Crippen LogP contribution is 2.55. The van der Waals surface area contributed by atoms with Crippen molar-refractivity contribution >= 4 is 16.7 Å². The van der Waals surface area contributed by atoms with Crippen LogP contribution in [-0.2, 0) is 23.1 Å². The molecule has 2 aliphatic carbocycles. The molecule has 0 amide bonds. The third-order valence-electron chi connectivity index (χ3n) is 7.40. The third kappa shape index (κ3) is 3.30. The number of nitrogens with one attached hydrogen (secondary N) is 1. The lowest BCUT2D eigenvalue weighted by atomic mass is 9.56. The number of nitrogens with zero attached hydrogens (tertiary/aromatic N) is 2. The van der Waals surface area contributed by atoms with E-state index in [1.807, 2.05) is 42.7 Å². The lowest BCUT2D eigenvalue weighted by molar-refractivity contribution is -0.115. The fourth-order valence-electron chi connectivity index (χ4n) is 5.98. The van der Waals surface area contributed by atoms with Crippen LogP contribution in [0.3, 0.4) is 0 Å². The van der Waals surface area contributed by atoms with Gasteiger partial charge in [-0.15, -0.1) is 0 Å². The van der Waals surface area contributed by atoms with Crippen LogP contribution in [0.4, 0.5) is 4.39 Å². The fraction of sp³-hybridized carbons (Fsp3) is 0.250. The Hall–Kier alpha value is -3.60. The van der Waals surface area contributed by atoms with Gasteiger partial charge in [-0.1, -0.05) is 23.8 Å². The molecule has 2 aliphatic rings. The Morgan fingerprint density at radius 1 is 1.09 bits per heavy atom. The molecule has 1 N–H and O–H groups in total. The number of hydrogen-bond donors (Lipinski definition) is 1. The van der Waals surface area contributed by atoms with Crippen LogP contribution in [0.5, 0.6) is 0 Å². The van der Waals surface area contributed by atoms with Crippen molar-refractivity contribution in [3.63, 3.8) is 0 Å². The molecule has 0 spiro atoms. The van der Waals surface area contributed by atoms with Gasteiger partial charge in [-0.3, -0.25) is 14.9 Å². The Bertz CT molecular complexity index is 1370. The molecule has 0 saturated carbocycles. The quantitative estimate of drug-likeness (QED) is 0.454. The van der Waals surface area contributed by atoms with Crippen molar-refractivity contribution in [3.8, 4) is 0 Å². The topological polar surface area (TPSA) is 58.6 Å². The number of aryl methyl sites for hydroxylation is 1. The molecule has 2 atom stereocenters. The zero-order chi connectivity index (χ0) is 22.4. The van der Waals surface area contributed by atoms with Gasteiger partial charge in [0.15, 0.2) is 5.78 Å². The minimum Gasteiger partial charge on any atom is -0.295 e. The van der Waals surface area contributed by atoms with E-state index in [4.69, 9.17) is 0 Å². The summed E-state index contributed by atoms with van der Waals surface area (Å²) < 4.78 is 13.9. The molecule has 33 heavy (non-hydrogen) atoms. The second-order valence-electron chi connectivity index (χ2n) is 9.23. The van der Waals surface area contributed by atoms with Gasteiger partial charge in [0, 0.05) is 41.5 Å². The summed E-state index contributed by atoms with van der Waals surface area (Å²) in [6, 6.07) is 17.2. The molecule has 4 aromatic rings. The molecule has 5 heteroatoms. The van der Waals surface area contributed by atoms with E-state index in [0.717, 1.165) is 41.4 Å². The Labute approximate surface area is 191 Å². The zero-order valence-electron chi connectivity index (χ0n) is 18.2. The van der Waals surface area contributed by atoms with Crippen LogP contribution in [0, 0.1) is 5.82 Å². The predicted molar refractivity (Wildman–Crippen MR) is 125 cm³/mol. The first-order chi connectivity index (χ1) is 16.1. The van der Waals surface area contributed by atoms with Gasteiger partial charge in [-0.2, -0.15) is 5.10 Å². The number of allylic oxidation sites excluding steroid dienone is 2. The fourth-order valence-corrected chi connectivity index (χ4v) is 5.98. The summed E-state index contributed by atoms with van der Waals surface area (Å²) >= 11 is 0. The molecule has 2 aromatic carbocycles. The number of fused-ring (bicyclic) bond motifs is 4. The number of carbonyl (C=O) groups is 1. The van der Waals surface area contributed by atoms with E-state index in [1.165, 1.54) is 28.8 Å². The number of ketones is 1. The van der Waals surface area contributed by atoms with Crippen molar-refractivity contribution in [2.24, 2.45) is 0 Å². The van der Waals surface area contributed by atoms with Crippen molar-refractivity contribution in [1.82, 2.24) is 15.2 Å². The molecular formula is C28H24FN3O. The molecule has 2 unspecified atom stereocenters. The van der Waals surface area contributed by atoms with E-state index in [0.29, 0.717) is 12.8 Å². The molecule has 2 aromatic heterocycles. The molecule has 4 nitrogen and oxygen atoms in total. The van der Waals surface area contributed by atoms with Gasteiger partial charge < -0.3 is 0 Å². The van der Waals surface area contributed by atoms with Crippen LogP contribution in [0.25, 0.3) is 10.9 Å². The number of aromatic amines is 1. The molecule has 6 rings (SSSR count). The summed E-state index contributed by atoms with van der Waals surface area (Å²) in [5, 5.41) is 8.43. The summed E-state index contributed by atoms with van der Waals surface area (Å²) in [6.07, 6.45) is 9.43. The van der Waals surface area contributed by atoms with E-state index in [9.17, 15) is 9.18 Å². The molecule has 164 valence electrons. The number of rotatable bonds is 3. The van der Waals surface area contributed by atoms with Gasteiger partial charge in [0.25, 0.3) is 0 Å². The van der Waals surface area contributed by atoms with Crippen LogP contribution in [0.1, 0.15) is 47.6 Å². The van der Waals surface area contributed by atoms with Gasteiger partial charge in [0.1, 0.15) is 5.82 Å². The highest BCUT2D eigenvalue weighted by Gasteiger charge is 2.49. The minimum absolute atomic E-state index is 0.103. The standard InChI is InChI=1S/C28H24FN3O/c29-22-9-7-18(8-10-22)26-15-24(33)14-21-5-3-4-19-13-27-20(17-31-32-27)12-25(19)28(21,26)16-23-6-1-2-11-30-23/h1-2,6-14,17,26H,3-5,15-16H2,(H,31,32). The smallest absolute Gasteiger partial charge is 0.156 e. The number of benzene rings is 2. The Morgan fingerprint density at radius 3 is 2.79 bits per heavy atom. The predicted octanol–water partition coefficient (Wildman–Crippen LogP) is 5.60. The first-order valence-electron chi connectivity index (χ1n) is 11.5. The second-order valence-corrected chi connectivity index (χ2v) is 9.23. The number of hydrogen-bond acceptors (Lipinski definition) is 3. The van der Waals surface area contributed by atoms with Crippen molar-refractivity contribution in [2.75, 3.05) is 0 Å². The van der Waals surface area contributed by atoms with Gasteiger partial charge in [0.2, 0.25) is 0 Å². The monoisotopic (exact) mass is 437 g/mol. The van der Waals surface area contributed by atoms with Gasteiger partial charge in [-0.05, 0) is 78.4 Å². The number of H-pyrrole nitrogens is 1. The molecule has 0 aliphatic heterocycles. The lowest BCUT2D eigenvalue weighted by Gasteiger charge is -2.46.